The van der Waals surface area contributed by atoms with Crippen molar-refractivity contribution in [1.29, 1.82) is 0 Å². The molecule has 0 atom stereocenters. The number of urea groups is 1. The van der Waals surface area contributed by atoms with Gasteiger partial charge in [-0.1, -0.05) is 0 Å². The van der Waals surface area contributed by atoms with Gasteiger partial charge in [0.15, 0.2) is 0 Å². The lowest BCUT2D eigenvalue weighted by Crippen LogP contribution is -2.87. The van der Waals surface area contributed by atoms with Gasteiger partial charge in [0.2, 0.25) is 0 Å². The highest BCUT2D eigenvalue weighted by Crippen LogP contribution is 2.40. The number of rotatable bonds is 2. The van der Waals surface area contributed by atoms with Crippen molar-refractivity contribution in [3.63, 3.8) is 0 Å². The van der Waals surface area contributed by atoms with Gasteiger partial charge in [0.25, 0.3) is 0 Å². The van der Waals surface area contributed by atoms with Crippen LogP contribution < -0.4 is 5.32 Å². The molecule has 16 radical (unpaired) electrons. The van der Waals surface area contributed by atoms with Crippen molar-refractivity contribution in [1.82, 2.24) is 24.4 Å². The van der Waals surface area contributed by atoms with E-state index in [4.69, 9.17) is 67.5 Å². The zero-order valence-electron chi connectivity index (χ0n) is 18.6. The van der Waals surface area contributed by atoms with Crippen LogP contribution in [0.3, 0.4) is 0 Å². The number of morpholine rings is 1. The smallest absolute Gasteiger partial charge is 0.321 e. The van der Waals surface area contributed by atoms with Gasteiger partial charge in [-0.15, -0.1) is 0 Å². The van der Waals surface area contributed by atoms with Crippen LogP contribution in [0.25, 0.3) is 22.2 Å². The van der Waals surface area contributed by atoms with E-state index in [9.17, 15) is 4.79 Å². The molecule has 1 saturated heterocycles. The average Bonchev–Trinajstić information content (AvgIpc) is 3.03. The van der Waals surface area contributed by atoms with E-state index in [0.29, 0.717) is 16.0 Å². The fourth-order valence-corrected chi connectivity index (χ4v) is 3.59. The Kier molecular flexibility index (Phi) is 5.63. The quantitative estimate of drug-likeness (QED) is 0.483. The summed E-state index contributed by atoms with van der Waals surface area (Å²) in [5.74, 6) is 0.934. The van der Waals surface area contributed by atoms with E-state index >= 15 is 0 Å². The van der Waals surface area contributed by atoms with Crippen LogP contribution in [0.5, 0.6) is 0 Å². The van der Waals surface area contributed by atoms with Gasteiger partial charge in [-0.25, -0.2) is 14.8 Å². The summed E-state index contributed by atoms with van der Waals surface area (Å²) in [6.45, 7) is 1.88. The molecule has 0 unspecified atom stereocenters. The van der Waals surface area contributed by atoms with E-state index in [-0.39, 0.29) is 5.82 Å². The highest BCUT2D eigenvalue weighted by Gasteiger charge is 2.58. The summed E-state index contributed by atoms with van der Waals surface area (Å²) < 4.78 is 7.01. The number of amides is 2. The van der Waals surface area contributed by atoms with Crippen LogP contribution in [0, 0.1) is 6.92 Å². The molecule has 3 aromatic rings. The highest BCUT2D eigenvalue weighted by atomic mass is 16.5. The third kappa shape index (κ3) is 3.70. The molecule has 0 saturated carbocycles. The summed E-state index contributed by atoms with van der Waals surface area (Å²) >= 11 is 0. The SMILES string of the molecule is [B]C1([B])OC([B])([B])C([B])([B])N(C(=O)Nc2cc3cc(-c4cnc(C)n4C)ncc3cn2)C1([B])[B]. The van der Waals surface area contributed by atoms with Crippen molar-refractivity contribution in [2.75, 3.05) is 5.32 Å². The number of carbonyl (C=O) groups is 1. The number of aryl methyl sites for hydroxylation is 1. The molecule has 150 valence electrons. The number of carbonyl (C=O) groups excluding carboxylic acids is 1. The van der Waals surface area contributed by atoms with Gasteiger partial charge in [0.05, 0.1) is 49.0 Å². The first-order valence-electron chi connectivity index (χ1n) is 9.95. The van der Waals surface area contributed by atoms with E-state index < -0.39 is 27.5 Å². The fourth-order valence-electron chi connectivity index (χ4n) is 3.59. The summed E-state index contributed by atoms with van der Waals surface area (Å²) in [6, 6.07) is 2.39. The minimum Gasteiger partial charge on any atom is -0.405 e. The van der Waals surface area contributed by atoms with Crippen molar-refractivity contribution in [3.8, 4) is 11.4 Å². The minimum absolute atomic E-state index is 0.105. The van der Waals surface area contributed by atoms with Crippen LogP contribution in [0.1, 0.15) is 5.82 Å². The summed E-state index contributed by atoms with van der Waals surface area (Å²) in [4.78, 5) is 26.7. The van der Waals surface area contributed by atoms with Crippen molar-refractivity contribution in [3.05, 3.63) is 36.5 Å². The molecule has 0 aromatic carbocycles. The van der Waals surface area contributed by atoms with Crippen LogP contribution in [-0.2, 0) is 11.8 Å². The monoisotopic (exact) mass is 432 g/mol. The molecule has 34 heavy (non-hydrogen) atoms. The molecule has 16 heteroatoms. The molecule has 2 amide bonds. The first-order chi connectivity index (χ1) is 15.6. The first kappa shape index (κ1) is 24.6. The van der Waals surface area contributed by atoms with Crippen molar-refractivity contribution >= 4 is 85.4 Å². The molecule has 1 aliphatic rings. The second kappa shape index (κ2) is 7.77. The standard InChI is InChI=1S/C18H12B8N6O2/c1-8-27-7-12(31(8)2)11-3-9-4-13(29-6-10(9)5-28-11)30-14(33)32-15(19,20)17(23,24)34-18(25,26)16(32,21)22/h3-7H,1-2H3,(H,29,30,33). The second-order valence-corrected chi connectivity index (χ2v) is 8.34. The summed E-state index contributed by atoms with van der Waals surface area (Å²) in [7, 11) is 49.2. The van der Waals surface area contributed by atoms with Crippen molar-refractivity contribution in [2.45, 2.75) is 28.4 Å². The van der Waals surface area contributed by atoms with E-state index in [2.05, 4.69) is 20.3 Å². The molecule has 4 heterocycles. The number of aromatic nitrogens is 4. The molecule has 0 aliphatic carbocycles. The average molecular weight is 431 g/mol. The normalized spacial score (nSPS) is 20.1. The van der Waals surface area contributed by atoms with Crippen LogP contribution in [-0.4, -0.2) is 115 Å². The molecule has 0 spiro atoms. The molecule has 1 aliphatic heterocycles. The number of fused-ring (bicyclic) bond motifs is 1. The molecule has 0 bridgehead atoms. The van der Waals surface area contributed by atoms with E-state index in [0.717, 1.165) is 16.9 Å². The number of nitrogens with one attached hydrogen (secondary N) is 1. The largest absolute Gasteiger partial charge is 0.405 e. The molecular formula is C18H12B8N6O2. The predicted molar refractivity (Wildman–Crippen MR) is 135 cm³/mol. The molecule has 4 rings (SSSR count). The topological polar surface area (TPSA) is 85.2 Å². The van der Waals surface area contributed by atoms with Gasteiger partial charge in [-0.3, -0.25) is 10.3 Å². The van der Waals surface area contributed by atoms with Gasteiger partial charge in [-0.2, -0.15) is 0 Å². The lowest BCUT2D eigenvalue weighted by atomic mass is 9.30. The van der Waals surface area contributed by atoms with Crippen LogP contribution in [0.2, 0.25) is 0 Å². The van der Waals surface area contributed by atoms with Crippen molar-refractivity contribution in [2.24, 2.45) is 7.05 Å². The third-order valence-electron chi connectivity index (χ3n) is 5.85. The number of hydrogen-bond acceptors (Lipinski definition) is 5. The Hall–Kier alpha value is -2.48. The Morgan fingerprint density at radius 1 is 0.882 bits per heavy atom. The summed E-state index contributed by atoms with van der Waals surface area (Å²) in [5, 5.41) is -5.72. The first-order valence-corrected chi connectivity index (χ1v) is 9.95. The summed E-state index contributed by atoms with van der Waals surface area (Å²) in [6.07, 6.45) is 4.88. The number of anilines is 1. The maximum absolute atomic E-state index is 13.2. The van der Waals surface area contributed by atoms with E-state index in [1.54, 1.807) is 18.5 Å². The van der Waals surface area contributed by atoms with Gasteiger partial charge >= 0.3 is 6.03 Å². The van der Waals surface area contributed by atoms with Gasteiger partial charge in [-0.05, 0) is 45.9 Å². The van der Waals surface area contributed by atoms with Crippen LogP contribution in [0.15, 0.2) is 30.7 Å². The Balaban J connectivity index is 1.70. The Bertz CT molecular complexity index is 1270. The van der Waals surface area contributed by atoms with Gasteiger partial charge in [0.1, 0.15) is 43.0 Å². The Labute approximate surface area is 208 Å². The zero-order valence-corrected chi connectivity index (χ0v) is 18.6. The Morgan fingerprint density at radius 3 is 2.03 bits per heavy atom. The van der Waals surface area contributed by atoms with Crippen molar-refractivity contribution < 1.29 is 9.53 Å². The molecule has 3 aromatic heterocycles. The fraction of sp³-hybridized carbons (Fsp3) is 0.333. The number of ether oxygens (including phenoxy) is 1. The molecule has 1 N–H and O–H groups in total. The molecular weight excluding hydrogens is 419 g/mol. The van der Waals surface area contributed by atoms with Gasteiger partial charge < -0.3 is 14.2 Å². The van der Waals surface area contributed by atoms with E-state index in [1.807, 2.05) is 24.6 Å². The number of pyridine rings is 2. The molecule has 1 fully saturated rings. The van der Waals surface area contributed by atoms with E-state index in [1.165, 1.54) is 6.20 Å². The third-order valence-corrected chi connectivity index (χ3v) is 5.85. The number of hydrogen-bond donors (Lipinski definition) is 1. The van der Waals surface area contributed by atoms with Crippen LogP contribution in [0.4, 0.5) is 10.6 Å². The van der Waals surface area contributed by atoms with Gasteiger partial charge in [0, 0.05) is 24.8 Å². The Morgan fingerprint density at radius 2 is 1.47 bits per heavy atom. The predicted octanol–water partition coefficient (Wildman–Crippen LogP) is -1.83. The maximum atomic E-state index is 13.2. The molecule has 8 nitrogen and oxygen atoms in total. The second-order valence-electron chi connectivity index (χ2n) is 8.34. The minimum atomic E-state index is -2.42. The van der Waals surface area contributed by atoms with Crippen LogP contribution >= 0.6 is 0 Å². The lowest BCUT2D eigenvalue weighted by Gasteiger charge is -2.69. The summed E-state index contributed by atoms with van der Waals surface area (Å²) in [5.41, 5.74) is 1.48. The lowest BCUT2D eigenvalue weighted by molar-refractivity contribution is -0.0913. The zero-order chi connectivity index (χ0) is 25.3. The number of nitrogens with zero attached hydrogens (tertiary/aromatic N) is 5. The number of imidazole rings is 1. The maximum Gasteiger partial charge on any atom is 0.321 e. The highest BCUT2D eigenvalue weighted by molar-refractivity contribution is 6.60.